The molecular formula is C18H22N2O3S. The van der Waals surface area contributed by atoms with Crippen LogP contribution in [-0.2, 0) is 9.53 Å². The lowest BCUT2D eigenvalue weighted by Crippen LogP contribution is -2.47. The Kier molecular flexibility index (Phi) is 5.26. The predicted molar refractivity (Wildman–Crippen MR) is 97.2 cm³/mol. The van der Waals surface area contributed by atoms with Crippen LogP contribution in [0.15, 0.2) is 34.2 Å². The molecule has 6 heteroatoms. The fraction of sp³-hybridized carbons (Fsp3) is 0.444. The van der Waals surface area contributed by atoms with Gasteiger partial charge in [-0.2, -0.15) is 4.99 Å². The van der Waals surface area contributed by atoms with E-state index in [1.54, 1.807) is 0 Å². The third-order valence-electron chi connectivity index (χ3n) is 3.79. The number of amides is 1. The average molecular weight is 346 g/mol. The van der Waals surface area contributed by atoms with Crippen LogP contribution in [0.3, 0.4) is 0 Å². The van der Waals surface area contributed by atoms with Crippen LogP contribution in [0, 0.1) is 0 Å². The van der Waals surface area contributed by atoms with E-state index in [4.69, 9.17) is 9.47 Å². The molecule has 2 atom stereocenters. The second kappa shape index (κ2) is 7.40. The van der Waals surface area contributed by atoms with E-state index in [2.05, 4.69) is 9.89 Å². The van der Waals surface area contributed by atoms with Crippen LogP contribution in [0.2, 0.25) is 0 Å². The van der Waals surface area contributed by atoms with Gasteiger partial charge in [0.15, 0.2) is 5.17 Å². The molecule has 2 heterocycles. The van der Waals surface area contributed by atoms with Crippen molar-refractivity contribution in [2.75, 3.05) is 19.7 Å². The average Bonchev–Trinajstić information content (AvgIpc) is 2.90. The van der Waals surface area contributed by atoms with Crippen molar-refractivity contribution < 1.29 is 14.3 Å². The number of hydrogen-bond acceptors (Lipinski definition) is 5. The Bertz CT molecular complexity index is 659. The predicted octanol–water partition coefficient (Wildman–Crippen LogP) is 3.16. The first-order chi connectivity index (χ1) is 11.5. The van der Waals surface area contributed by atoms with E-state index in [1.807, 2.05) is 51.1 Å². The molecule has 1 aromatic rings. The monoisotopic (exact) mass is 346 g/mol. The summed E-state index contributed by atoms with van der Waals surface area (Å²) in [5.41, 5.74) is 0.967. The summed E-state index contributed by atoms with van der Waals surface area (Å²) in [5.74, 6) is 0.661. The molecule has 0 spiro atoms. The van der Waals surface area contributed by atoms with Gasteiger partial charge in [0.25, 0.3) is 5.91 Å². The third kappa shape index (κ3) is 3.99. The Morgan fingerprint density at radius 2 is 1.96 bits per heavy atom. The lowest BCUT2D eigenvalue weighted by molar-refractivity contribution is -0.113. The van der Waals surface area contributed by atoms with Gasteiger partial charge in [0.05, 0.1) is 23.7 Å². The topological polar surface area (TPSA) is 51.1 Å². The van der Waals surface area contributed by atoms with E-state index < -0.39 is 0 Å². The summed E-state index contributed by atoms with van der Waals surface area (Å²) in [4.78, 5) is 19.2. The lowest BCUT2D eigenvalue weighted by atomic mass is 10.2. The number of carbonyl (C=O) groups excluding carboxylic acids is 1. The van der Waals surface area contributed by atoms with Gasteiger partial charge in [-0.25, -0.2) is 0 Å². The largest absolute Gasteiger partial charge is 0.494 e. The molecule has 1 amide bonds. The van der Waals surface area contributed by atoms with Gasteiger partial charge in [-0.05, 0) is 56.3 Å². The Morgan fingerprint density at radius 3 is 2.58 bits per heavy atom. The molecule has 0 radical (unpaired) electrons. The maximum atomic E-state index is 12.2. The third-order valence-corrected chi connectivity index (χ3v) is 4.83. The number of nitrogens with zero attached hydrogens (tertiary/aromatic N) is 2. The fourth-order valence-corrected chi connectivity index (χ4v) is 3.78. The Balaban J connectivity index is 1.70. The summed E-state index contributed by atoms with van der Waals surface area (Å²) >= 11 is 1.44. The second-order valence-electron chi connectivity index (χ2n) is 5.97. The first-order valence-corrected chi connectivity index (χ1v) is 9.02. The van der Waals surface area contributed by atoms with E-state index in [0.717, 1.165) is 29.6 Å². The number of benzene rings is 1. The van der Waals surface area contributed by atoms with E-state index in [9.17, 15) is 4.79 Å². The van der Waals surface area contributed by atoms with Crippen molar-refractivity contribution in [3.63, 3.8) is 0 Å². The number of hydrogen-bond donors (Lipinski definition) is 0. The van der Waals surface area contributed by atoms with Crippen LogP contribution in [0.4, 0.5) is 0 Å². The molecule has 24 heavy (non-hydrogen) atoms. The Hall–Kier alpha value is -1.79. The van der Waals surface area contributed by atoms with Gasteiger partial charge in [-0.1, -0.05) is 12.1 Å². The van der Waals surface area contributed by atoms with Gasteiger partial charge in [0.1, 0.15) is 5.75 Å². The Morgan fingerprint density at radius 1 is 1.29 bits per heavy atom. The molecule has 0 aliphatic carbocycles. The normalized spacial score (nSPS) is 26.0. The highest BCUT2D eigenvalue weighted by molar-refractivity contribution is 8.18. The van der Waals surface area contributed by atoms with Crippen molar-refractivity contribution in [3.05, 3.63) is 34.7 Å². The minimum Gasteiger partial charge on any atom is -0.494 e. The summed E-state index contributed by atoms with van der Waals surface area (Å²) in [6, 6.07) is 7.71. The molecule has 0 bridgehead atoms. The standard InChI is InChI=1S/C18H22N2O3S/c1-4-22-15-7-5-14(6-8-15)9-16-17(21)19-18(24-16)20-10-12(2)23-13(3)11-20/h5-9,12-13H,4,10-11H2,1-3H3/b16-9+/t12-,13-/m0/s1. The minimum absolute atomic E-state index is 0.145. The molecule has 3 rings (SSSR count). The number of amidine groups is 1. The smallest absolute Gasteiger partial charge is 0.286 e. The molecule has 1 aromatic carbocycles. The summed E-state index contributed by atoms with van der Waals surface area (Å²) < 4.78 is 11.2. The number of carbonyl (C=O) groups is 1. The maximum Gasteiger partial charge on any atom is 0.286 e. The highest BCUT2D eigenvalue weighted by atomic mass is 32.2. The van der Waals surface area contributed by atoms with Gasteiger partial charge in [-0.3, -0.25) is 4.79 Å². The summed E-state index contributed by atoms with van der Waals surface area (Å²) in [6.07, 6.45) is 2.17. The lowest BCUT2D eigenvalue weighted by Gasteiger charge is -2.35. The van der Waals surface area contributed by atoms with Crippen molar-refractivity contribution in [1.29, 1.82) is 0 Å². The van der Waals surface area contributed by atoms with Crippen molar-refractivity contribution in [2.24, 2.45) is 4.99 Å². The number of ether oxygens (including phenoxy) is 2. The molecule has 0 saturated carbocycles. The van der Waals surface area contributed by atoms with Gasteiger partial charge in [0.2, 0.25) is 0 Å². The molecule has 5 nitrogen and oxygen atoms in total. The van der Waals surface area contributed by atoms with Gasteiger partial charge < -0.3 is 14.4 Å². The van der Waals surface area contributed by atoms with Crippen LogP contribution in [-0.4, -0.2) is 47.9 Å². The Labute approximate surface area is 146 Å². The molecule has 2 aliphatic heterocycles. The summed E-state index contributed by atoms with van der Waals surface area (Å²) in [6.45, 7) is 8.21. The van der Waals surface area contributed by atoms with E-state index in [-0.39, 0.29) is 18.1 Å². The van der Waals surface area contributed by atoms with Gasteiger partial charge in [0, 0.05) is 13.1 Å². The summed E-state index contributed by atoms with van der Waals surface area (Å²) in [5, 5.41) is 0.777. The highest BCUT2D eigenvalue weighted by Gasteiger charge is 2.30. The van der Waals surface area contributed by atoms with Gasteiger partial charge >= 0.3 is 0 Å². The quantitative estimate of drug-likeness (QED) is 0.787. The van der Waals surface area contributed by atoms with Crippen molar-refractivity contribution in [2.45, 2.75) is 33.0 Å². The van der Waals surface area contributed by atoms with E-state index in [1.165, 1.54) is 11.8 Å². The van der Waals surface area contributed by atoms with Crippen molar-refractivity contribution >= 4 is 28.9 Å². The van der Waals surface area contributed by atoms with Crippen LogP contribution >= 0.6 is 11.8 Å². The molecule has 128 valence electrons. The fourth-order valence-electron chi connectivity index (χ4n) is 2.85. The molecule has 0 unspecified atom stereocenters. The first kappa shape index (κ1) is 17.0. The molecule has 2 aliphatic rings. The molecular weight excluding hydrogens is 324 g/mol. The SMILES string of the molecule is CCOc1ccc(/C=C2/SC(N3C[C@H](C)O[C@@H](C)C3)=NC2=O)cc1. The minimum atomic E-state index is -0.171. The van der Waals surface area contributed by atoms with Crippen LogP contribution in [0.1, 0.15) is 26.3 Å². The highest BCUT2D eigenvalue weighted by Crippen LogP contribution is 2.31. The number of aliphatic imine (C=N–C) groups is 1. The molecule has 0 N–H and O–H groups in total. The molecule has 1 fully saturated rings. The van der Waals surface area contributed by atoms with Crippen molar-refractivity contribution in [1.82, 2.24) is 4.90 Å². The first-order valence-electron chi connectivity index (χ1n) is 8.21. The van der Waals surface area contributed by atoms with E-state index >= 15 is 0 Å². The van der Waals surface area contributed by atoms with Crippen LogP contribution < -0.4 is 4.74 Å². The zero-order valence-corrected chi connectivity index (χ0v) is 15.0. The maximum absolute atomic E-state index is 12.2. The zero-order chi connectivity index (χ0) is 17.1. The second-order valence-corrected chi connectivity index (χ2v) is 6.98. The van der Waals surface area contributed by atoms with Gasteiger partial charge in [-0.15, -0.1) is 0 Å². The molecule has 1 saturated heterocycles. The van der Waals surface area contributed by atoms with Crippen molar-refractivity contribution in [3.8, 4) is 5.75 Å². The zero-order valence-electron chi connectivity index (χ0n) is 14.2. The van der Waals surface area contributed by atoms with Crippen LogP contribution in [0.5, 0.6) is 5.75 Å². The number of rotatable bonds is 3. The van der Waals surface area contributed by atoms with E-state index in [0.29, 0.717) is 11.5 Å². The number of thioether (sulfide) groups is 1. The molecule has 0 aromatic heterocycles. The van der Waals surface area contributed by atoms with Crippen LogP contribution in [0.25, 0.3) is 6.08 Å². The summed E-state index contributed by atoms with van der Waals surface area (Å²) in [7, 11) is 0. The number of morpholine rings is 1.